The van der Waals surface area contributed by atoms with E-state index < -0.39 is 0 Å². The van der Waals surface area contributed by atoms with Gasteiger partial charge in [0.05, 0.1) is 0 Å². The Morgan fingerprint density at radius 2 is 1.79 bits per heavy atom. The van der Waals surface area contributed by atoms with Gasteiger partial charge in [-0.05, 0) is 103 Å². The summed E-state index contributed by atoms with van der Waals surface area (Å²) in [5, 5.41) is 0. The van der Waals surface area contributed by atoms with E-state index in [1.807, 2.05) is 43.0 Å². The maximum absolute atomic E-state index is 14.7. The molecule has 0 bridgehead atoms. The number of aryl methyl sites for hydroxylation is 2. The smallest absolute Gasteiger partial charge is 0.214 e. The molecule has 0 saturated carbocycles. The lowest BCUT2D eigenvalue weighted by Gasteiger charge is -2.23. The van der Waals surface area contributed by atoms with Crippen molar-refractivity contribution in [3.05, 3.63) is 76.2 Å². The van der Waals surface area contributed by atoms with Crippen molar-refractivity contribution in [2.24, 2.45) is 5.92 Å². The van der Waals surface area contributed by atoms with Crippen LogP contribution in [-0.2, 0) is 19.4 Å². The zero-order valence-corrected chi connectivity index (χ0v) is 21.0. The van der Waals surface area contributed by atoms with Gasteiger partial charge in [-0.25, -0.2) is 9.37 Å². The molecule has 3 nitrogen and oxygen atoms in total. The first kappa shape index (κ1) is 23.2. The monoisotopic (exact) mass is 477 g/mol. The van der Waals surface area contributed by atoms with Gasteiger partial charge in [-0.15, -0.1) is 0 Å². The Kier molecular flexibility index (Phi) is 6.82. The van der Waals surface area contributed by atoms with E-state index in [0.717, 1.165) is 65.3 Å². The number of thioether (sulfide) groups is 1. The van der Waals surface area contributed by atoms with Gasteiger partial charge in [0.1, 0.15) is 24.3 Å². The van der Waals surface area contributed by atoms with Crippen LogP contribution in [0.4, 0.5) is 4.39 Å². The molecule has 0 amide bonds. The molecule has 1 saturated heterocycles. The van der Waals surface area contributed by atoms with Crippen LogP contribution in [0.15, 0.2) is 42.5 Å². The van der Waals surface area contributed by atoms with Crippen molar-refractivity contribution in [2.45, 2.75) is 59.2 Å². The molecule has 1 atom stereocenters. The summed E-state index contributed by atoms with van der Waals surface area (Å²) >= 11 is 1.98. The van der Waals surface area contributed by atoms with Crippen LogP contribution in [0.2, 0.25) is 0 Å². The Labute approximate surface area is 206 Å². The first-order valence-electron chi connectivity index (χ1n) is 12.2. The SMILES string of the molecule is Cc1cc(OC2CCSCC2)nc(C)c1-c1ccc(F)c(COc2ccc3c(c2)CC(C)C3)c1. The number of nitrogens with zero attached hydrogens (tertiary/aromatic N) is 1. The van der Waals surface area contributed by atoms with Gasteiger partial charge < -0.3 is 9.47 Å². The van der Waals surface area contributed by atoms with Crippen LogP contribution >= 0.6 is 11.8 Å². The topological polar surface area (TPSA) is 31.4 Å². The molecular weight excluding hydrogens is 445 g/mol. The molecule has 1 aliphatic heterocycles. The molecule has 34 heavy (non-hydrogen) atoms. The number of halogens is 1. The Morgan fingerprint density at radius 1 is 1.00 bits per heavy atom. The summed E-state index contributed by atoms with van der Waals surface area (Å²) in [6.07, 6.45) is 4.59. The Morgan fingerprint density at radius 3 is 2.59 bits per heavy atom. The third-order valence-electron chi connectivity index (χ3n) is 6.87. The summed E-state index contributed by atoms with van der Waals surface area (Å²) < 4.78 is 26.9. The number of pyridine rings is 1. The van der Waals surface area contributed by atoms with E-state index in [0.29, 0.717) is 17.4 Å². The van der Waals surface area contributed by atoms with E-state index in [1.54, 1.807) is 0 Å². The molecule has 2 heterocycles. The van der Waals surface area contributed by atoms with E-state index in [4.69, 9.17) is 14.5 Å². The number of fused-ring (bicyclic) bond motifs is 1. The van der Waals surface area contributed by atoms with Gasteiger partial charge in [0.2, 0.25) is 5.88 Å². The van der Waals surface area contributed by atoms with Gasteiger partial charge in [-0.3, -0.25) is 0 Å². The molecule has 0 spiro atoms. The zero-order chi connectivity index (χ0) is 23.7. The minimum Gasteiger partial charge on any atom is -0.489 e. The average molecular weight is 478 g/mol. The van der Waals surface area contributed by atoms with Crippen molar-refractivity contribution in [1.29, 1.82) is 0 Å². The lowest BCUT2D eigenvalue weighted by atomic mass is 9.97. The van der Waals surface area contributed by atoms with Gasteiger partial charge in [0.15, 0.2) is 0 Å². The number of hydrogen-bond donors (Lipinski definition) is 0. The maximum Gasteiger partial charge on any atom is 0.214 e. The Hall–Kier alpha value is -2.53. The fourth-order valence-corrected chi connectivity index (χ4v) is 6.23. The highest BCUT2D eigenvalue weighted by Gasteiger charge is 2.19. The molecule has 5 rings (SSSR count). The fourth-order valence-electron chi connectivity index (χ4n) is 5.16. The lowest BCUT2D eigenvalue weighted by molar-refractivity contribution is 0.184. The normalized spacial score (nSPS) is 18.1. The number of ether oxygens (including phenoxy) is 2. The van der Waals surface area contributed by atoms with E-state index in [2.05, 4.69) is 26.0 Å². The molecule has 1 aliphatic carbocycles. The minimum absolute atomic E-state index is 0.195. The van der Waals surface area contributed by atoms with Crippen molar-refractivity contribution in [1.82, 2.24) is 4.98 Å². The third kappa shape index (κ3) is 5.10. The number of benzene rings is 2. The summed E-state index contributed by atoms with van der Waals surface area (Å²) in [7, 11) is 0. The molecular formula is C29H32FNO2S. The molecule has 5 heteroatoms. The molecule has 1 aromatic heterocycles. The van der Waals surface area contributed by atoms with Gasteiger partial charge in [0.25, 0.3) is 0 Å². The second-order valence-electron chi connectivity index (χ2n) is 9.71. The highest BCUT2D eigenvalue weighted by molar-refractivity contribution is 7.99. The summed E-state index contributed by atoms with van der Waals surface area (Å²) in [4.78, 5) is 4.74. The van der Waals surface area contributed by atoms with E-state index in [-0.39, 0.29) is 18.5 Å². The molecule has 1 fully saturated rings. The Bertz CT molecular complexity index is 1170. The van der Waals surface area contributed by atoms with Gasteiger partial charge >= 0.3 is 0 Å². The van der Waals surface area contributed by atoms with Crippen molar-refractivity contribution < 1.29 is 13.9 Å². The summed E-state index contributed by atoms with van der Waals surface area (Å²) in [6, 6.07) is 13.5. The van der Waals surface area contributed by atoms with E-state index >= 15 is 0 Å². The van der Waals surface area contributed by atoms with Gasteiger partial charge in [-0.2, -0.15) is 11.8 Å². The average Bonchev–Trinajstić information content (AvgIpc) is 3.18. The molecule has 178 valence electrons. The predicted molar refractivity (Wildman–Crippen MR) is 137 cm³/mol. The number of hydrogen-bond acceptors (Lipinski definition) is 4. The molecule has 2 aromatic carbocycles. The van der Waals surface area contributed by atoms with Gasteiger partial charge in [0, 0.05) is 22.9 Å². The summed E-state index contributed by atoms with van der Waals surface area (Å²) in [5.41, 5.74) is 7.26. The van der Waals surface area contributed by atoms with Crippen LogP contribution in [0.25, 0.3) is 11.1 Å². The first-order chi connectivity index (χ1) is 16.5. The fraction of sp³-hybridized carbons (Fsp3) is 0.414. The molecule has 2 aliphatic rings. The summed E-state index contributed by atoms with van der Waals surface area (Å²) in [6.45, 7) is 6.53. The van der Waals surface area contributed by atoms with Crippen molar-refractivity contribution in [3.8, 4) is 22.8 Å². The number of aromatic nitrogens is 1. The van der Waals surface area contributed by atoms with Crippen molar-refractivity contribution in [2.75, 3.05) is 11.5 Å². The zero-order valence-electron chi connectivity index (χ0n) is 20.2. The van der Waals surface area contributed by atoms with Crippen LogP contribution < -0.4 is 9.47 Å². The summed E-state index contributed by atoms with van der Waals surface area (Å²) in [5.74, 6) is 4.20. The van der Waals surface area contributed by atoms with Crippen LogP contribution in [-0.4, -0.2) is 22.6 Å². The van der Waals surface area contributed by atoms with E-state index in [9.17, 15) is 4.39 Å². The van der Waals surface area contributed by atoms with Crippen LogP contribution in [0, 0.1) is 25.6 Å². The standard InChI is InChI=1S/C29H32FNO2S/c1-18-12-21-4-6-26(16-23(21)13-18)32-17-24-15-22(5-7-27(24)30)29-19(2)14-28(31-20(29)3)33-25-8-10-34-11-9-25/h4-7,14-16,18,25H,8-13,17H2,1-3H3. The van der Waals surface area contributed by atoms with Crippen LogP contribution in [0.5, 0.6) is 11.6 Å². The quantitative estimate of drug-likeness (QED) is 0.379. The second kappa shape index (κ2) is 9.99. The predicted octanol–water partition coefficient (Wildman–Crippen LogP) is 7.09. The van der Waals surface area contributed by atoms with Crippen LogP contribution in [0.3, 0.4) is 0 Å². The molecule has 3 aromatic rings. The highest BCUT2D eigenvalue weighted by Crippen LogP contribution is 2.33. The second-order valence-corrected chi connectivity index (χ2v) is 10.9. The highest BCUT2D eigenvalue weighted by atomic mass is 32.2. The first-order valence-corrected chi connectivity index (χ1v) is 13.4. The largest absolute Gasteiger partial charge is 0.489 e. The third-order valence-corrected chi connectivity index (χ3v) is 7.92. The molecule has 0 radical (unpaired) electrons. The van der Waals surface area contributed by atoms with Crippen LogP contribution in [0.1, 0.15) is 47.7 Å². The Balaban J connectivity index is 1.33. The van der Waals surface area contributed by atoms with E-state index in [1.165, 1.54) is 17.2 Å². The molecule has 1 unspecified atom stereocenters. The van der Waals surface area contributed by atoms with Crippen molar-refractivity contribution >= 4 is 11.8 Å². The van der Waals surface area contributed by atoms with Gasteiger partial charge in [-0.1, -0.05) is 19.1 Å². The number of rotatable bonds is 6. The maximum atomic E-state index is 14.7. The molecule has 0 N–H and O–H groups in total. The lowest BCUT2D eigenvalue weighted by Crippen LogP contribution is -2.22. The van der Waals surface area contributed by atoms with Crippen molar-refractivity contribution in [3.63, 3.8) is 0 Å². The minimum atomic E-state index is -0.253.